The van der Waals surface area contributed by atoms with Crippen LogP contribution >= 0.6 is 0 Å². The van der Waals surface area contributed by atoms with Gasteiger partial charge in [0.1, 0.15) is 23.1 Å². The Morgan fingerprint density at radius 2 is 2.03 bits per heavy atom. The van der Waals surface area contributed by atoms with E-state index in [9.17, 15) is 9.18 Å². The first-order chi connectivity index (χ1) is 15.5. The normalized spacial score (nSPS) is 11.9. The third kappa shape index (κ3) is 4.39. The minimum Gasteiger partial charge on any atom is -0.496 e. The number of amides is 1. The Morgan fingerprint density at radius 1 is 1.19 bits per heavy atom. The Bertz CT molecular complexity index is 1270. The van der Waals surface area contributed by atoms with E-state index in [0.29, 0.717) is 39.4 Å². The molecule has 4 rings (SSSR count). The van der Waals surface area contributed by atoms with Gasteiger partial charge in [-0.05, 0) is 44.2 Å². The molecule has 7 nitrogen and oxygen atoms in total. The van der Waals surface area contributed by atoms with Crippen molar-refractivity contribution in [2.45, 2.75) is 26.3 Å². The van der Waals surface area contributed by atoms with Gasteiger partial charge in [0.2, 0.25) is 5.91 Å². The van der Waals surface area contributed by atoms with Crippen molar-refractivity contribution in [3.8, 4) is 17.2 Å². The lowest BCUT2D eigenvalue weighted by molar-refractivity contribution is -0.117. The Kier molecular flexibility index (Phi) is 6.02. The largest absolute Gasteiger partial charge is 0.496 e. The minimum atomic E-state index is -0.472. The smallest absolute Gasteiger partial charge is 0.231 e. The average Bonchev–Trinajstić information content (AvgIpc) is 3.26. The number of halogens is 1. The summed E-state index contributed by atoms with van der Waals surface area (Å²) in [5, 5.41) is 7.60. The van der Waals surface area contributed by atoms with Gasteiger partial charge in [0.25, 0.3) is 0 Å². The van der Waals surface area contributed by atoms with Crippen LogP contribution in [0.2, 0.25) is 0 Å². The lowest BCUT2D eigenvalue weighted by atomic mass is 9.99. The lowest BCUT2D eigenvalue weighted by Crippen LogP contribution is -2.19. The molecule has 2 aromatic heterocycles. The summed E-state index contributed by atoms with van der Waals surface area (Å²) in [5.41, 5.74) is 1.98. The van der Waals surface area contributed by atoms with Crippen LogP contribution in [-0.4, -0.2) is 27.8 Å². The van der Waals surface area contributed by atoms with Gasteiger partial charge in [0, 0.05) is 36.0 Å². The second-order valence-corrected chi connectivity index (χ2v) is 7.27. The van der Waals surface area contributed by atoms with Crippen molar-refractivity contribution in [1.82, 2.24) is 14.8 Å². The molecule has 4 aromatic rings. The number of aryl methyl sites for hydroxylation is 1. The number of nitrogens with zero attached hydrogens (tertiary/aromatic N) is 3. The van der Waals surface area contributed by atoms with Crippen molar-refractivity contribution in [3.63, 3.8) is 0 Å². The van der Waals surface area contributed by atoms with Gasteiger partial charge in [-0.3, -0.25) is 14.5 Å². The molecule has 2 aromatic carbocycles. The second-order valence-electron chi connectivity index (χ2n) is 7.27. The summed E-state index contributed by atoms with van der Waals surface area (Å²) in [6.07, 6.45) is 5.00. The number of ether oxygens (including phenoxy) is 2. The molecule has 1 atom stereocenters. The number of fused-ring (bicyclic) bond motifs is 1. The molecule has 164 valence electrons. The molecule has 8 heteroatoms. The maximum absolute atomic E-state index is 13.7. The predicted octanol–water partition coefficient (Wildman–Crippen LogP) is 5.13. The van der Waals surface area contributed by atoms with E-state index < -0.39 is 5.92 Å². The van der Waals surface area contributed by atoms with Gasteiger partial charge in [-0.1, -0.05) is 6.07 Å². The number of methoxy groups -OCH3 is 1. The van der Waals surface area contributed by atoms with Gasteiger partial charge >= 0.3 is 0 Å². The van der Waals surface area contributed by atoms with E-state index in [4.69, 9.17) is 9.47 Å². The number of carbonyl (C=O) groups excluding carboxylic acids is 1. The highest BCUT2D eigenvalue weighted by atomic mass is 19.1. The number of nitrogens with one attached hydrogen (secondary N) is 1. The van der Waals surface area contributed by atoms with Crippen molar-refractivity contribution in [1.29, 1.82) is 0 Å². The monoisotopic (exact) mass is 434 g/mol. The molecule has 0 aliphatic carbocycles. The van der Waals surface area contributed by atoms with E-state index in [2.05, 4.69) is 15.4 Å². The number of aromatic nitrogens is 3. The van der Waals surface area contributed by atoms with Gasteiger partial charge < -0.3 is 14.8 Å². The molecule has 1 unspecified atom stereocenters. The number of hydrogen-bond acceptors (Lipinski definition) is 5. The molecule has 0 saturated carbocycles. The highest BCUT2D eigenvalue weighted by Gasteiger charge is 2.21. The summed E-state index contributed by atoms with van der Waals surface area (Å²) in [5.74, 6) is 0.469. The fraction of sp³-hybridized carbons (Fsp3) is 0.208. The number of pyridine rings is 1. The Morgan fingerprint density at radius 3 is 2.78 bits per heavy atom. The van der Waals surface area contributed by atoms with Gasteiger partial charge in [0.05, 0.1) is 30.4 Å². The van der Waals surface area contributed by atoms with Gasteiger partial charge in [0.15, 0.2) is 0 Å². The quantitative estimate of drug-likeness (QED) is 0.436. The first-order valence-corrected chi connectivity index (χ1v) is 10.2. The number of rotatable bonds is 7. The van der Waals surface area contributed by atoms with E-state index in [0.717, 1.165) is 6.54 Å². The standard InChI is InChI=1S/C24H23FN4O3/c1-4-29-14-17(13-27-29)28-24(30)15(2)19-7-6-18(12-23(19)31-3)32-22-9-10-26-21-8-5-16(25)11-20(21)22/h5-15H,4H2,1-3H3,(H,28,30). The van der Waals surface area contributed by atoms with E-state index in [1.807, 2.05) is 6.92 Å². The summed E-state index contributed by atoms with van der Waals surface area (Å²) in [4.78, 5) is 17.0. The van der Waals surface area contributed by atoms with Crippen LogP contribution in [-0.2, 0) is 11.3 Å². The molecule has 0 bridgehead atoms. The summed E-state index contributed by atoms with van der Waals surface area (Å²) in [6.45, 7) is 4.50. The number of hydrogen-bond donors (Lipinski definition) is 1. The lowest BCUT2D eigenvalue weighted by Gasteiger charge is -2.17. The van der Waals surface area contributed by atoms with Crippen LogP contribution in [0.5, 0.6) is 17.2 Å². The zero-order chi connectivity index (χ0) is 22.7. The topological polar surface area (TPSA) is 78.3 Å². The maximum Gasteiger partial charge on any atom is 0.231 e. The van der Waals surface area contributed by atoms with Gasteiger partial charge in [-0.2, -0.15) is 5.10 Å². The Balaban J connectivity index is 1.56. The molecule has 0 radical (unpaired) electrons. The fourth-order valence-corrected chi connectivity index (χ4v) is 3.41. The number of benzene rings is 2. The first-order valence-electron chi connectivity index (χ1n) is 10.2. The van der Waals surface area contributed by atoms with Crippen molar-refractivity contribution in [2.24, 2.45) is 0 Å². The Hall–Kier alpha value is -3.94. The zero-order valence-corrected chi connectivity index (χ0v) is 18.0. The van der Waals surface area contributed by atoms with Crippen molar-refractivity contribution in [2.75, 3.05) is 12.4 Å². The molecule has 0 fully saturated rings. The Labute approximate surface area is 184 Å². The summed E-state index contributed by atoms with van der Waals surface area (Å²) in [7, 11) is 1.54. The summed E-state index contributed by atoms with van der Waals surface area (Å²) in [6, 6.07) is 11.3. The average molecular weight is 434 g/mol. The molecule has 2 heterocycles. The number of carbonyl (C=O) groups is 1. The SMILES string of the molecule is CCn1cc(NC(=O)C(C)c2ccc(Oc3ccnc4ccc(F)cc34)cc2OC)cn1. The molecular weight excluding hydrogens is 411 g/mol. The summed E-state index contributed by atoms with van der Waals surface area (Å²) < 4.78 is 27.0. The van der Waals surface area contributed by atoms with Crippen molar-refractivity contribution < 1.29 is 18.7 Å². The predicted molar refractivity (Wildman–Crippen MR) is 120 cm³/mol. The van der Waals surface area contributed by atoms with Crippen LogP contribution in [0.25, 0.3) is 10.9 Å². The van der Waals surface area contributed by atoms with Gasteiger partial charge in [-0.25, -0.2) is 4.39 Å². The highest BCUT2D eigenvalue weighted by molar-refractivity contribution is 5.95. The van der Waals surface area contributed by atoms with Crippen LogP contribution in [0.1, 0.15) is 25.3 Å². The zero-order valence-electron chi connectivity index (χ0n) is 18.0. The van der Waals surface area contributed by atoms with Gasteiger partial charge in [-0.15, -0.1) is 0 Å². The first kappa shape index (κ1) is 21.3. The summed E-state index contributed by atoms with van der Waals surface area (Å²) >= 11 is 0. The molecular formula is C24H23FN4O3. The molecule has 1 N–H and O–H groups in total. The van der Waals surface area contributed by atoms with Crippen LogP contribution < -0.4 is 14.8 Å². The third-order valence-electron chi connectivity index (χ3n) is 5.18. The fourth-order valence-electron chi connectivity index (χ4n) is 3.41. The van der Waals surface area contributed by atoms with E-state index in [1.165, 1.54) is 19.2 Å². The molecule has 32 heavy (non-hydrogen) atoms. The third-order valence-corrected chi connectivity index (χ3v) is 5.18. The van der Waals surface area contributed by atoms with Crippen molar-refractivity contribution >= 4 is 22.5 Å². The van der Waals surface area contributed by atoms with E-state index in [1.54, 1.807) is 60.5 Å². The molecule has 1 amide bonds. The molecule has 0 aliphatic rings. The molecule has 0 saturated heterocycles. The van der Waals surface area contributed by atoms with Crippen LogP contribution in [0.15, 0.2) is 61.1 Å². The van der Waals surface area contributed by atoms with E-state index in [-0.39, 0.29) is 11.7 Å². The van der Waals surface area contributed by atoms with Crippen LogP contribution in [0, 0.1) is 5.82 Å². The minimum absolute atomic E-state index is 0.178. The van der Waals surface area contributed by atoms with E-state index >= 15 is 0 Å². The maximum atomic E-state index is 13.7. The molecule has 0 spiro atoms. The highest BCUT2D eigenvalue weighted by Crippen LogP contribution is 2.35. The van der Waals surface area contributed by atoms with Crippen LogP contribution in [0.3, 0.4) is 0 Å². The van der Waals surface area contributed by atoms with Crippen LogP contribution in [0.4, 0.5) is 10.1 Å². The molecule has 0 aliphatic heterocycles. The van der Waals surface area contributed by atoms with Crippen molar-refractivity contribution in [3.05, 3.63) is 72.4 Å². The second kappa shape index (κ2) is 9.05. The number of anilines is 1.